The number of likely N-dealkylation sites (tertiary alicyclic amines) is 1. The number of amides is 2. The molecule has 1 unspecified atom stereocenters. The quantitative estimate of drug-likeness (QED) is 0.551. The van der Waals surface area contributed by atoms with Crippen molar-refractivity contribution in [3.63, 3.8) is 0 Å². The summed E-state index contributed by atoms with van der Waals surface area (Å²) in [6.45, 7) is 3.54. The van der Waals surface area contributed by atoms with Gasteiger partial charge in [0.1, 0.15) is 11.2 Å². The smallest absolute Gasteiger partial charge is 0.407 e. The van der Waals surface area contributed by atoms with E-state index in [0.717, 1.165) is 57.3 Å². The number of fused-ring (bicyclic) bond motifs is 2. The van der Waals surface area contributed by atoms with Crippen molar-refractivity contribution in [2.24, 2.45) is 0 Å². The molecule has 34 heavy (non-hydrogen) atoms. The van der Waals surface area contributed by atoms with Gasteiger partial charge in [-0.3, -0.25) is 4.79 Å². The molecule has 3 aliphatic rings. The van der Waals surface area contributed by atoms with Crippen molar-refractivity contribution in [2.45, 2.75) is 57.2 Å². The molecule has 8 heteroatoms. The maximum Gasteiger partial charge on any atom is 0.407 e. The van der Waals surface area contributed by atoms with Gasteiger partial charge in [0.05, 0.1) is 6.04 Å². The van der Waals surface area contributed by atoms with E-state index in [4.69, 9.17) is 0 Å². The van der Waals surface area contributed by atoms with E-state index in [1.165, 1.54) is 0 Å². The number of nitrogens with zero attached hydrogens (tertiary/aromatic N) is 3. The highest BCUT2D eigenvalue weighted by molar-refractivity contribution is 5.88. The van der Waals surface area contributed by atoms with E-state index < -0.39 is 11.7 Å². The summed E-state index contributed by atoms with van der Waals surface area (Å²) in [6, 6.07) is 6.16. The van der Waals surface area contributed by atoms with Crippen LogP contribution in [0.2, 0.25) is 0 Å². The lowest BCUT2D eigenvalue weighted by Gasteiger charge is -2.34. The number of carboxylic acid groups (broad SMARTS) is 1. The molecule has 1 atom stereocenters. The molecule has 3 aromatic rings. The zero-order valence-electron chi connectivity index (χ0n) is 19.2. The second-order valence-corrected chi connectivity index (χ2v) is 9.94. The van der Waals surface area contributed by atoms with Crippen LogP contribution in [0.1, 0.15) is 54.0 Å². The van der Waals surface area contributed by atoms with Gasteiger partial charge in [-0.2, -0.15) is 0 Å². The van der Waals surface area contributed by atoms with Gasteiger partial charge in [0, 0.05) is 43.0 Å². The third kappa shape index (κ3) is 3.36. The van der Waals surface area contributed by atoms with Crippen LogP contribution < -0.4 is 0 Å². The number of aromatic amines is 1. The number of carbonyl (C=O) groups excluding carboxylic acids is 1. The van der Waals surface area contributed by atoms with Crippen LogP contribution in [0.3, 0.4) is 0 Å². The molecular weight excluding hydrogens is 432 g/mol. The van der Waals surface area contributed by atoms with Crippen LogP contribution >= 0.6 is 0 Å². The standard InChI is InChI=1S/C26H28N4O4/c1-15-12-27-23-20(15)11-17(13-28-23)16-9-18-14-29(24(31)26(34)5-6-26)8-4-19(18)21(10-16)22-3-2-7-30(22)25(32)33/h9-13,22,34H,2-8,14H2,1H3,(H,27,28)(H,32,33). The first kappa shape index (κ1) is 21.2. The maximum atomic E-state index is 12.9. The topological polar surface area (TPSA) is 110 Å². The van der Waals surface area contributed by atoms with Crippen molar-refractivity contribution < 1.29 is 19.8 Å². The Labute approximate surface area is 197 Å². The predicted molar refractivity (Wildman–Crippen MR) is 126 cm³/mol. The number of aliphatic hydroxyl groups is 1. The summed E-state index contributed by atoms with van der Waals surface area (Å²) in [6.07, 6.45) is 6.22. The normalized spacial score (nSPS) is 21.1. The third-order valence-electron chi connectivity index (χ3n) is 7.71. The number of nitrogens with one attached hydrogen (secondary N) is 1. The van der Waals surface area contributed by atoms with Crippen LogP contribution in [0.25, 0.3) is 22.2 Å². The summed E-state index contributed by atoms with van der Waals surface area (Å²) >= 11 is 0. The lowest BCUT2D eigenvalue weighted by Crippen LogP contribution is -2.43. The van der Waals surface area contributed by atoms with Crippen molar-refractivity contribution in [1.82, 2.24) is 19.8 Å². The van der Waals surface area contributed by atoms with Gasteiger partial charge < -0.3 is 25.0 Å². The summed E-state index contributed by atoms with van der Waals surface area (Å²) < 4.78 is 0. The van der Waals surface area contributed by atoms with Crippen LogP contribution in [0.4, 0.5) is 4.79 Å². The summed E-state index contributed by atoms with van der Waals surface area (Å²) in [7, 11) is 0. The van der Waals surface area contributed by atoms with E-state index in [9.17, 15) is 19.8 Å². The van der Waals surface area contributed by atoms with Gasteiger partial charge in [-0.15, -0.1) is 0 Å². The van der Waals surface area contributed by atoms with Crippen LogP contribution in [-0.4, -0.2) is 60.7 Å². The molecule has 176 valence electrons. The molecule has 4 heterocycles. The zero-order valence-corrected chi connectivity index (χ0v) is 19.2. The minimum Gasteiger partial charge on any atom is -0.465 e. The van der Waals surface area contributed by atoms with Crippen molar-refractivity contribution >= 4 is 23.0 Å². The molecular formula is C26H28N4O4. The fourth-order valence-electron chi connectivity index (χ4n) is 5.61. The number of hydrogen-bond donors (Lipinski definition) is 3. The molecule has 0 spiro atoms. The Morgan fingerprint density at radius 1 is 1.18 bits per heavy atom. The lowest BCUT2D eigenvalue weighted by atomic mass is 9.86. The second kappa shape index (κ2) is 7.56. The van der Waals surface area contributed by atoms with Gasteiger partial charge in [0.15, 0.2) is 0 Å². The molecule has 6 rings (SSSR count). The van der Waals surface area contributed by atoms with Crippen molar-refractivity contribution in [2.75, 3.05) is 13.1 Å². The minimum absolute atomic E-state index is 0.188. The van der Waals surface area contributed by atoms with Crippen molar-refractivity contribution in [3.05, 3.63) is 52.8 Å². The Balaban J connectivity index is 1.46. The molecule has 2 amide bonds. The molecule has 0 radical (unpaired) electrons. The first-order chi connectivity index (χ1) is 16.3. The molecule has 0 bridgehead atoms. The number of rotatable bonds is 3. The van der Waals surface area contributed by atoms with E-state index >= 15 is 0 Å². The second-order valence-electron chi connectivity index (χ2n) is 9.94. The average molecular weight is 461 g/mol. The fourth-order valence-corrected chi connectivity index (χ4v) is 5.61. The minimum atomic E-state index is -1.19. The number of hydrogen-bond acceptors (Lipinski definition) is 4. The summed E-state index contributed by atoms with van der Waals surface area (Å²) in [5.74, 6) is -0.191. The largest absolute Gasteiger partial charge is 0.465 e. The average Bonchev–Trinajstić information content (AvgIpc) is 3.24. The van der Waals surface area contributed by atoms with Gasteiger partial charge in [-0.05, 0) is 85.0 Å². The number of H-pyrrole nitrogens is 1. The molecule has 1 aliphatic carbocycles. The molecule has 2 aromatic heterocycles. The highest BCUT2D eigenvalue weighted by atomic mass is 16.4. The van der Waals surface area contributed by atoms with Gasteiger partial charge in [-0.1, -0.05) is 0 Å². The maximum absolute atomic E-state index is 12.9. The number of pyridine rings is 1. The van der Waals surface area contributed by atoms with Gasteiger partial charge in [0.2, 0.25) is 0 Å². The Morgan fingerprint density at radius 2 is 2.00 bits per heavy atom. The summed E-state index contributed by atoms with van der Waals surface area (Å²) in [5.41, 5.74) is 5.90. The van der Waals surface area contributed by atoms with E-state index in [2.05, 4.69) is 28.2 Å². The zero-order chi connectivity index (χ0) is 23.6. The summed E-state index contributed by atoms with van der Waals surface area (Å²) in [5, 5.41) is 21.2. The monoisotopic (exact) mass is 460 g/mol. The Kier molecular flexibility index (Phi) is 4.71. The van der Waals surface area contributed by atoms with Crippen LogP contribution in [0.5, 0.6) is 0 Å². The highest BCUT2D eigenvalue weighted by Crippen LogP contribution is 2.42. The van der Waals surface area contributed by atoms with E-state index in [1.807, 2.05) is 19.3 Å². The number of aromatic nitrogens is 2. The van der Waals surface area contributed by atoms with Crippen LogP contribution in [0, 0.1) is 6.92 Å². The highest BCUT2D eigenvalue weighted by Gasteiger charge is 2.50. The van der Waals surface area contributed by atoms with E-state index in [0.29, 0.717) is 38.9 Å². The molecule has 8 nitrogen and oxygen atoms in total. The van der Waals surface area contributed by atoms with Crippen LogP contribution in [0.15, 0.2) is 30.6 Å². The summed E-state index contributed by atoms with van der Waals surface area (Å²) in [4.78, 5) is 35.9. The van der Waals surface area contributed by atoms with Crippen molar-refractivity contribution in [1.29, 1.82) is 0 Å². The predicted octanol–water partition coefficient (Wildman–Crippen LogP) is 3.76. The van der Waals surface area contributed by atoms with Gasteiger partial charge in [-0.25, -0.2) is 9.78 Å². The number of benzene rings is 1. The molecule has 2 fully saturated rings. The Morgan fingerprint density at radius 3 is 2.76 bits per heavy atom. The first-order valence-electron chi connectivity index (χ1n) is 12.0. The van der Waals surface area contributed by atoms with E-state index in [1.54, 1.807) is 9.80 Å². The molecule has 1 saturated carbocycles. The number of carbonyl (C=O) groups is 2. The molecule has 1 aromatic carbocycles. The van der Waals surface area contributed by atoms with Gasteiger partial charge >= 0.3 is 6.09 Å². The van der Waals surface area contributed by atoms with Crippen LogP contribution in [-0.2, 0) is 17.8 Å². The fraction of sp³-hybridized carbons (Fsp3) is 0.423. The molecule has 3 N–H and O–H groups in total. The van der Waals surface area contributed by atoms with E-state index in [-0.39, 0.29) is 11.9 Å². The molecule has 1 saturated heterocycles. The Hall–Kier alpha value is -3.39. The third-order valence-corrected chi connectivity index (χ3v) is 7.71. The first-order valence-corrected chi connectivity index (χ1v) is 12.0. The van der Waals surface area contributed by atoms with Gasteiger partial charge in [0.25, 0.3) is 5.91 Å². The molecule has 2 aliphatic heterocycles. The SMILES string of the molecule is Cc1c[nH]c2ncc(-c3cc4c(c(C5CCCN5C(=O)O)c3)CCN(C(=O)C3(O)CC3)C4)cc12. The Bertz CT molecular complexity index is 1330. The lowest BCUT2D eigenvalue weighted by molar-refractivity contribution is -0.143. The number of aryl methyl sites for hydroxylation is 1. The van der Waals surface area contributed by atoms with Crippen molar-refractivity contribution in [3.8, 4) is 11.1 Å².